The van der Waals surface area contributed by atoms with Crippen LogP contribution in [-0.4, -0.2) is 21.4 Å². The minimum Gasteiger partial charge on any atom is -0.378 e. The number of nitrogens with two attached hydrogens (primary N) is 1. The Hall–Kier alpha value is -2.77. The van der Waals surface area contributed by atoms with Crippen molar-refractivity contribution >= 4 is 17.5 Å². The van der Waals surface area contributed by atoms with Crippen molar-refractivity contribution in [2.45, 2.75) is 19.4 Å². The quantitative estimate of drug-likeness (QED) is 0.690. The molecule has 1 fully saturated rings. The fourth-order valence-electron chi connectivity index (χ4n) is 3.03. The van der Waals surface area contributed by atoms with Crippen LogP contribution in [0.4, 0.5) is 21.8 Å². The first-order valence-electron chi connectivity index (χ1n) is 7.26. The van der Waals surface area contributed by atoms with E-state index < -0.39 is 4.92 Å². The van der Waals surface area contributed by atoms with Crippen LogP contribution in [0.3, 0.4) is 0 Å². The average molecular weight is 317 g/mol. The van der Waals surface area contributed by atoms with Crippen molar-refractivity contribution in [2.75, 3.05) is 17.2 Å². The number of nitrogens with zero attached hydrogens (tertiary/aromatic N) is 4. The smallest absolute Gasteiger partial charge is 0.329 e. The molecule has 120 valence electrons. The van der Waals surface area contributed by atoms with Gasteiger partial charge in [-0.25, -0.2) is 9.37 Å². The number of anilines is 2. The van der Waals surface area contributed by atoms with Crippen LogP contribution in [0, 0.1) is 21.8 Å². The lowest BCUT2D eigenvalue weighted by Crippen LogP contribution is -2.27. The van der Waals surface area contributed by atoms with E-state index >= 15 is 0 Å². The lowest BCUT2D eigenvalue weighted by molar-refractivity contribution is -0.384. The molecular weight excluding hydrogens is 301 g/mol. The Morgan fingerprint density at radius 3 is 2.91 bits per heavy atom. The number of halogens is 1. The van der Waals surface area contributed by atoms with Gasteiger partial charge in [0.2, 0.25) is 11.8 Å². The summed E-state index contributed by atoms with van der Waals surface area (Å²) < 4.78 is 13.5. The van der Waals surface area contributed by atoms with E-state index in [1.165, 1.54) is 12.1 Å². The van der Waals surface area contributed by atoms with E-state index in [9.17, 15) is 14.5 Å². The van der Waals surface area contributed by atoms with Gasteiger partial charge in [0.25, 0.3) is 0 Å². The zero-order valence-electron chi connectivity index (χ0n) is 12.5. The number of nitro groups is 1. The first-order valence-corrected chi connectivity index (χ1v) is 7.26. The van der Waals surface area contributed by atoms with E-state index in [1.54, 1.807) is 6.07 Å². The van der Waals surface area contributed by atoms with Gasteiger partial charge in [0, 0.05) is 6.54 Å². The summed E-state index contributed by atoms with van der Waals surface area (Å²) >= 11 is 0. The molecule has 1 aromatic heterocycles. The predicted molar refractivity (Wildman–Crippen MR) is 83.4 cm³/mol. The third kappa shape index (κ3) is 2.79. The molecule has 0 bridgehead atoms. The Balaban J connectivity index is 1.98. The first-order chi connectivity index (χ1) is 11.0. The zero-order chi connectivity index (χ0) is 16.6. The Morgan fingerprint density at radius 2 is 2.26 bits per heavy atom. The zero-order valence-corrected chi connectivity index (χ0v) is 12.5. The van der Waals surface area contributed by atoms with Crippen molar-refractivity contribution in [3.05, 3.63) is 52.0 Å². The van der Waals surface area contributed by atoms with Gasteiger partial charge in [0.15, 0.2) is 0 Å². The molecule has 1 aromatic carbocycles. The number of nitrogen functional groups attached to an aromatic ring is 1. The van der Waals surface area contributed by atoms with Gasteiger partial charge in [0.1, 0.15) is 12.0 Å². The molecule has 8 heteroatoms. The second-order valence-corrected chi connectivity index (χ2v) is 5.66. The van der Waals surface area contributed by atoms with Gasteiger partial charge in [0.05, 0.1) is 11.0 Å². The van der Waals surface area contributed by atoms with Crippen LogP contribution >= 0.6 is 0 Å². The summed E-state index contributed by atoms with van der Waals surface area (Å²) in [7, 11) is 0. The van der Waals surface area contributed by atoms with Gasteiger partial charge < -0.3 is 10.6 Å². The predicted octanol–water partition coefficient (Wildman–Crippen LogP) is 2.69. The van der Waals surface area contributed by atoms with E-state index in [1.807, 2.05) is 11.0 Å². The van der Waals surface area contributed by atoms with Gasteiger partial charge in [-0.1, -0.05) is 19.1 Å². The molecule has 0 saturated carbocycles. The minimum absolute atomic E-state index is 0.0912. The molecule has 1 saturated heterocycles. The van der Waals surface area contributed by atoms with Crippen molar-refractivity contribution in [2.24, 2.45) is 5.92 Å². The summed E-state index contributed by atoms with van der Waals surface area (Å²) in [5.74, 6) is 0.131. The van der Waals surface area contributed by atoms with Crippen LogP contribution in [0.25, 0.3) is 0 Å². The topological polar surface area (TPSA) is 98.2 Å². The molecule has 0 aliphatic carbocycles. The summed E-state index contributed by atoms with van der Waals surface area (Å²) in [6, 6.07) is 6.32. The molecule has 0 spiro atoms. The summed E-state index contributed by atoms with van der Waals surface area (Å²) in [6.45, 7) is 2.75. The van der Waals surface area contributed by atoms with E-state index in [0.717, 1.165) is 18.2 Å². The molecular formula is C15H16FN5O2. The molecule has 1 aliphatic rings. The number of hydrogen-bond donors (Lipinski definition) is 1. The number of aromatic nitrogens is 2. The van der Waals surface area contributed by atoms with Crippen LogP contribution in [0.1, 0.15) is 24.9 Å². The van der Waals surface area contributed by atoms with Gasteiger partial charge >= 0.3 is 5.69 Å². The normalized spacial score (nSPS) is 20.7. The van der Waals surface area contributed by atoms with Gasteiger partial charge in [-0.15, -0.1) is 0 Å². The van der Waals surface area contributed by atoms with E-state index in [-0.39, 0.29) is 29.3 Å². The molecule has 7 nitrogen and oxygen atoms in total. The molecule has 2 unspecified atom stereocenters. The number of hydrogen-bond acceptors (Lipinski definition) is 6. The van der Waals surface area contributed by atoms with E-state index in [0.29, 0.717) is 12.5 Å². The highest BCUT2D eigenvalue weighted by atomic mass is 19.1. The van der Waals surface area contributed by atoms with E-state index in [4.69, 9.17) is 5.73 Å². The third-order valence-corrected chi connectivity index (χ3v) is 4.13. The Bertz CT molecular complexity index is 754. The molecule has 0 radical (unpaired) electrons. The standard InChI is InChI=1S/C15H16FN5O2/c1-9-5-6-20(13(9)10-3-2-4-11(16)7-10)15-18-8-12(21(22)23)14(17)19-15/h2-4,7-9,13H,5-6H2,1H3,(H2,17,18,19). The Morgan fingerprint density at radius 1 is 1.48 bits per heavy atom. The molecule has 2 aromatic rings. The second kappa shape index (κ2) is 5.79. The maximum Gasteiger partial charge on any atom is 0.329 e. The molecule has 23 heavy (non-hydrogen) atoms. The summed E-state index contributed by atoms with van der Waals surface area (Å²) in [4.78, 5) is 20.3. The van der Waals surface area contributed by atoms with Crippen molar-refractivity contribution in [3.63, 3.8) is 0 Å². The average Bonchev–Trinajstić information content (AvgIpc) is 2.88. The van der Waals surface area contributed by atoms with Crippen LogP contribution in [0.5, 0.6) is 0 Å². The highest BCUT2D eigenvalue weighted by molar-refractivity contribution is 5.54. The van der Waals surface area contributed by atoms with Crippen LogP contribution in [0.15, 0.2) is 30.5 Å². The molecule has 2 atom stereocenters. The van der Waals surface area contributed by atoms with Crippen LogP contribution < -0.4 is 10.6 Å². The number of rotatable bonds is 3. The largest absolute Gasteiger partial charge is 0.378 e. The number of benzene rings is 1. The van der Waals surface area contributed by atoms with Crippen LogP contribution in [0.2, 0.25) is 0 Å². The maximum atomic E-state index is 13.5. The minimum atomic E-state index is -0.615. The lowest BCUT2D eigenvalue weighted by Gasteiger charge is -2.27. The Labute approximate surface area is 132 Å². The third-order valence-electron chi connectivity index (χ3n) is 4.13. The van der Waals surface area contributed by atoms with Crippen molar-refractivity contribution in [1.82, 2.24) is 9.97 Å². The molecule has 2 N–H and O–H groups in total. The second-order valence-electron chi connectivity index (χ2n) is 5.66. The van der Waals surface area contributed by atoms with Gasteiger partial charge in [-0.2, -0.15) is 4.98 Å². The Kier molecular flexibility index (Phi) is 3.81. The van der Waals surface area contributed by atoms with Gasteiger partial charge in [-0.3, -0.25) is 10.1 Å². The van der Waals surface area contributed by atoms with Crippen LogP contribution in [-0.2, 0) is 0 Å². The van der Waals surface area contributed by atoms with Gasteiger partial charge in [-0.05, 0) is 30.0 Å². The fourth-order valence-corrected chi connectivity index (χ4v) is 3.03. The monoisotopic (exact) mass is 317 g/mol. The highest BCUT2D eigenvalue weighted by Gasteiger charge is 2.34. The molecule has 1 aliphatic heterocycles. The summed E-state index contributed by atoms with van der Waals surface area (Å²) in [5, 5.41) is 10.8. The highest BCUT2D eigenvalue weighted by Crippen LogP contribution is 2.39. The SMILES string of the molecule is CC1CCN(c2ncc([N+](=O)[O-])c(N)n2)C1c1cccc(F)c1. The maximum absolute atomic E-state index is 13.5. The molecule has 3 rings (SSSR count). The summed E-state index contributed by atoms with van der Waals surface area (Å²) in [6.07, 6.45) is 2.00. The summed E-state index contributed by atoms with van der Waals surface area (Å²) in [5.41, 5.74) is 6.17. The fraction of sp³-hybridized carbons (Fsp3) is 0.333. The van der Waals surface area contributed by atoms with E-state index in [2.05, 4.69) is 16.9 Å². The van der Waals surface area contributed by atoms with Crippen molar-refractivity contribution in [1.29, 1.82) is 0 Å². The first kappa shape index (κ1) is 15.1. The lowest BCUT2D eigenvalue weighted by atomic mass is 9.95. The van der Waals surface area contributed by atoms with Crippen molar-refractivity contribution < 1.29 is 9.31 Å². The molecule has 0 amide bonds. The van der Waals surface area contributed by atoms with Crippen molar-refractivity contribution in [3.8, 4) is 0 Å². The molecule has 2 heterocycles.